The first kappa shape index (κ1) is 18.7. The van der Waals surface area contributed by atoms with Crippen LogP contribution in [-0.2, 0) is 11.3 Å². The summed E-state index contributed by atoms with van der Waals surface area (Å²) in [6.45, 7) is 6.90. The molecule has 1 saturated heterocycles. The molecular formula is C21H23N3O3S. The van der Waals surface area contributed by atoms with Gasteiger partial charge in [-0.1, -0.05) is 0 Å². The van der Waals surface area contributed by atoms with Gasteiger partial charge >= 0.3 is 0 Å². The molecule has 4 heterocycles. The van der Waals surface area contributed by atoms with E-state index < -0.39 is 6.04 Å². The van der Waals surface area contributed by atoms with E-state index in [1.165, 1.54) is 11.3 Å². The van der Waals surface area contributed by atoms with E-state index in [9.17, 15) is 9.59 Å². The molecule has 3 aromatic heterocycles. The van der Waals surface area contributed by atoms with Crippen LogP contribution in [0.25, 0.3) is 10.2 Å². The summed E-state index contributed by atoms with van der Waals surface area (Å²) in [5.41, 5.74) is 3.03. The van der Waals surface area contributed by atoms with E-state index in [-0.39, 0.29) is 11.8 Å². The van der Waals surface area contributed by atoms with Gasteiger partial charge in [0.1, 0.15) is 16.6 Å². The van der Waals surface area contributed by atoms with Gasteiger partial charge in [-0.15, -0.1) is 11.3 Å². The normalized spacial score (nSPS) is 16.7. The summed E-state index contributed by atoms with van der Waals surface area (Å²) in [5, 5.41) is 3.94. The molecule has 0 spiro atoms. The number of aromatic nitrogens is 1. The molecule has 146 valence electrons. The van der Waals surface area contributed by atoms with Gasteiger partial charge in [-0.2, -0.15) is 0 Å². The Morgan fingerprint density at radius 2 is 2.18 bits per heavy atom. The molecule has 1 aliphatic heterocycles. The van der Waals surface area contributed by atoms with Gasteiger partial charge in [-0.3, -0.25) is 9.59 Å². The maximum Gasteiger partial charge on any atom is 0.264 e. The molecule has 1 atom stereocenters. The number of thiophene rings is 1. The van der Waals surface area contributed by atoms with Gasteiger partial charge in [0.25, 0.3) is 5.91 Å². The molecule has 1 N–H and O–H groups in total. The first-order chi connectivity index (χ1) is 13.5. The first-order valence-electron chi connectivity index (χ1n) is 9.44. The van der Waals surface area contributed by atoms with Crippen molar-refractivity contribution in [3.8, 4) is 0 Å². The Hall–Kier alpha value is -2.67. The predicted octanol–water partition coefficient (Wildman–Crippen LogP) is 3.74. The lowest BCUT2D eigenvalue weighted by Gasteiger charge is -2.23. The average Bonchev–Trinajstić information content (AvgIpc) is 3.39. The van der Waals surface area contributed by atoms with Crippen LogP contribution in [0.3, 0.4) is 0 Å². The summed E-state index contributed by atoms with van der Waals surface area (Å²) in [6, 6.07) is 5.20. The highest BCUT2D eigenvalue weighted by Gasteiger charge is 2.36. The van der Waals surface area contributed by atoms with E-state index in [0.29, 0.717) is 30.1 Å². The van der Waals surface area contributed by atoms with Crippen LogP contribution in [0.4, 0.5) is 0 Å². The van der Waals surface area contributed by atoms with Gasteiger partial charge in [0, 0.05) is 17.6 Å². The molecule has 1 aliphatic rings. The van der Waals surface area contributed by atoms with Crippen molar-refractivity contribution < 1.29 is 14.0 Å². The van der Waals surface area contributed by atoms with E-state index in [0.717, 1.165) is 33.5 Å². The number of hydrogen-bond acceptors (Lipinski definition) is 5. The lowest BCUT2D eigenvalue weighted by Crippen LogP contribution is -2.45. The number of carbonyl (C=O) groups is 2. The number of aryl methyl sites for hydroxylation is 3. The summed E-state index contributed by atoms with van der Waals surface area (Å²) >= 11 is 1.42. The highest BCUT2D eigenvalue weighted by Crippen LogP contribution is 2.34. The van der Waals surface area contributed by atoms with E-state index >= 15 is 0 Å². The Morgan fingerprint density at radius 1 is 1.36 bits per heavy atom. The van der Waals surface area contributed by atoms with Crippen LogP contribution in [-0.4, -0.2) is 34.3 Å². The SMILES string of the molecule is Cc1cc(C)c2c(C)c(C(=O)N3CCCC3C(=O)NCc3ccco3)sc2n1. The Balaban J connectivity index is 1.56. The maximum absolute atomic E-state index is 13.3. The number of amides is 2. The van der Waals surface area contributed by atoms with E-state index in [2.05, 4.69) is 10.3 Å². The molecule has 0 saturated carbocycles. The molecule has 0 aromatic carbocycles. The second-order valence-electron chi connectivity index (χ2n) is 7.27. The second-order valence-corrected chi connectivity index (χ2v) is 8.27. The summed E-state index contributed by atoms with van der Waals surface area (Å²) in [4.78, 5) is 33.8. The fourth-order valence-electron chi connectivity index (χ4n) is 3.94. The van der Waals surface area contributed by atoms with Crippen LogP contribution < -0.4 is 5.32 Å². The summed E-state index contributed by atoms with van der Waals surface area (Å²) in [6.07, 6.45) is 3.08. The zero-order valence-electron chi connectivity index (χ0n) is 16.2. The van der Waals surface area contributed by atoms with Crippen LogP contribution in [0, 0.1) is 20.8 Å². The molecule has 0 aliphatic carbocycles. The van der Waals surface area contributed by atoms with Gasteiger partial charge in [0.05, 0.1) is 17.7 Å². The lowest BCUT2D eigenvalue weighted by molar-refractivity contribution is -0.125. The molecule has 28 heavy (non-hydrogen) atoms. The van der Waals surface area contributed by atoms with Crippen molar-refractivity contribution in [2.24, 2.45) is 0 Å². The van der Waals surface area contributed by atoms with Crippen molar-refractivity contribution in [1.29, 1.82) is 0 Å². The van der Waals surface area contributed by atoms with E-state index in [1.54, 1.807) is 17.2 Å². The van der Waals surface area contributed by atoms with Crippen molar-refractivity contribution >= 4 is 33.4 Å². The highest BCUT2D eigenvalue weighted by atomic mass is 32.1. The molecule has 3 aromatic rings. The van der Waals surface area contributed by atoms with Gasteiger partial charge in [-0.25, -0.2) is 4.98 Å². The Morgan fingerprint density at radius 3 is 2.93 bits per heavy atom. The highest BCUT2D eigenvalue weighted by molar-refractivity contribution is 7.20. The third kappa shape index (κ3) is 3.30. The van der Waals surface area contributed by atoms with Crippen LogP contribution in [0.15, 0.2) is 28.9 Å². The third-order valence-electron chi connectivity index (χ3n) is 5.25. The van der Waals surface area contributed by atoms with E-state index in [4.69, 9.17) is 4.42 Å². The van der Waals surface area contributed by atoms with Gasteiger partial charge in [0.2, 0.25) is 5.91 Å². The lowest BCUT2D eigenvalue weighted by atomic mass is 10.1. The molecule has 1 unspecified atom stereocenters. The Labute approximate surface area is 167 Å². The summed E-state index contributed by atoms with van der Waals surface area (Å²) in [7, 11) is 0. The van der Waals surface area contributed by atoms with Crippen LogP contribution in [0.2, 0.25) is 0 Å². The molecule has 4 rings (SSSR count). The minimum atomic E-state index is -0.442. The molecule has 2 amide bonds. The van der Waals surface area contributed by atoms with Crippen molar-refractivity contribution in [3.63, 3.8) is 0 Å². The number of rotatable bonds is 4. The number of carbonyl (C=O) groups excluding carboxylic acids is 2. The number of hydrogen-bond donors (Lipinski definition) is 1. The molecule has 6 nitrogen and oxygen atoms in total. The fourth-order valence-corrected chi connectivity index (χ4v) is 5.20. The molecular weight excluding hydrogens is 374 g/mol. The van der Waals surface area contributed by atoms with Gasteiger partial charge in [0.15, 0.2) is 0 Å². The number of likely N-dealkylation sites (tertiary alicyclic amines) is 1. The first-order valence-corrected chi connectivity index (χ1v) is 10.3. The number of nitrogens with one attached hydrogen (secondary N) is 1. The molecule has 1 fully saturated rings. The topological polar surface area (TPSA) is 75.4 Å². The molecule has 7 heteroatoms. The largest absolute Gasteiger partial charge is 0.467 e. The maximum atomic E-state index is 13.3. The van der Waals surface area contributed by atoms with Crippen LogP contribution in [0.5, 0.6) is 0 Å². The zero-order chi connectivity index (χ0) is 19.8. The Kier molecular flexibility index (Phi) is 4.93. The number of furan rings is 1. The average molecular weight is 398 g/mol. The van der Waals surface area contributed by atoms with Crippen molar-refractivity contribution in [3.05, 3.63) is 51.9 Å². The monoisotopic (exact) mass is 397 g/mol. The van der Waals surface area contributed by atoms with Crippen LogP contribution in [0.1, 0.15) is 45.1 Å². The number of pyridine rings is 1. The molecule has 0 radical (unpaired) electrons. The van der Waals surface area contributed by atoms with E-state index in [1.807, 2.05) is 32.9 Å². The van der Waals surface area contributed by atoms with Crippen LogP contribution >= 0.6 is 11.3 Å². The smallest absolute Gasteiger partial charge is 0.264 e. The van der Waals surface area contributed by atoms with Crippen molar-refractivity contribution in [2.75, 3.05) is 6.54 Å². The standard InChI is InChI=1S/C21H23N3O3S/c1-12-10-13(2)23-20-17(12)14(3)18(28-20)21(26)24-8-4-7-16(24)19(25)22-11-15-6-5-9-27-15/h5-6,9-10,16H,4,7-8,11H2,1-3H3,(H,22,25). The minimum Gasteiger partial charge on any atom is -0.467 e. The van der Waals surface area contributed by atoms with Gasteiger partial charge in [-0.05, 0) is 62.9 Å². The van der Waals surface area contributed by atoms with Crippen molar-refractivity contribution in [1.82, 2.24) is 15.2 Å². The minimum absolute atomic E-state index is 0.0757. The van der Waals surface area contributed by atoms with Crippen molar-refractivity contribution in [2.45, 2.75) is 46.2 Å². The Bertz CT molecular complexity index is 1040. The quantitative estimate of drug-likeness (QED) is 0.728. The number of nitrogens with zero attached hydrogens (tertiary/aromatic N) is 2. The summed E-state index contributed by atoms with van der Waals surface area (Å²) in [5.74, 6) is 0.487. The third-order valence-corrected chi connectivity index (χ3v) is 6.43. The molecule has 0 bridgehead atoms. The number of fused-ring (bicyclic) bond motifs is 1. The summed E-state index contributed by atoms with van der Waals surface area (Å²) < 4.78 is 5.26. The zero-order valence-corrected chi connectivity index (χ0v) is 17.1. The van der Waals surface area contributed by atoms with Gasteiger partial charge < -0.3 is 14.6 Å². The predicted molar refractivity (Wildman–Crippen MR) is 108 cm³/mol. The second kappa shape index (κ2) is 7.39. The fraction of sp³-hybridized carbons (Fsp3) is 0.381.